The second-order valence-corrected chi connectivity index (χ2v) is 7.24. The van der Waals surface area contributed by atoms with Gasteiger partial charge in [-0.3, -0.25) is 4.90 Å². The van der Waals surface area contributed by atoms with Crippen LogP contribution in [0.2, 0.25) is 0 Å². The molecular formula is C15H21N3S2. The zero-order valence-electron chi connectivity index (χ0n) is 11.8. The van der Waals surface area contributed by atoms with Crippen LogP contribution in [0, 0.1) is 12.8 Å². The molecule has 1 aliphatic heterocycles. The van der Waals surface area contributed by atoms with E-state index in [4.69, 9.17) is 0 Å². The van der Waals surface area contributed by atoms with Gasteiger partial charge < -0.3 is 5.32 Å². The van der Waals surface area contributed by atoms with Crippen LogP contribution in [0.25, 0.3) is 0 Å². The molecular weight excluding hydrogens is 286 g/mol. The quantitative estimate of drug-likeness (QED) is 0.889. The molecule has 3 nitrogen and oxygen atoms in total. The maximum Gasteiger partial charge on any atom is 0.0798 e. The lowest BCUT2D eigenvalue weighted by Gasteiger charge is -2.24. The first-order chi connectivity index (χ1) is 9.81. The summed E-state index contributed by atoms with van der Waals surface area (Å²) in [6.45, 7) is 7.73. The molecule has 1 saturated heterocycles. The van der Waals surface area contributed by atoms with Gasteiger partial charge in [0.25, 0.3) is 0 Å². The summed E-state index contributed by atoms with van der Waals surface area (Å²) >= 11 is 3.57. The van der Waals surface area contributed by atoms with Crippen molar-refractivity contribution in [1.82, 2.24) is 15.2 Å². The molecule has 1 atom stereocenters. The zero-order valence-corrected chi connectivity index (χ0v) is 13.5. The Morgan fingerprint density at radius 3 is 3.05 bits per heavy atom. The molecule has 20 heavy (non-hydrogen) atoms. The standard InChI is InChI=1S/C15H21N3S2/c1-12-15(20-11-17-12)9-18(7-13-2-4-16-6-13)8-14-3-5-19-10-14/h3,5,10-11,13,16H,2,4,6-9H2,1H3/t13-/m0/s1. The van der Waals surface area contributed by atoms with E-state index in [2.05, 4.69) is 39.0 Å². The van der Waals surface area contributed by atoms with Gasteiger partial charge in [0.2, 0.25) is 0 Å². The summed E-state index contributed by atoms with van der Waals surface area (Å²) in [7, 11) is 0. The Morgan fingerprint density at radius 1 is 1.45 bits per heavy atom. The first-order valence-corrected chi connectivity index (χ1v) is 8.96. The third-order valence-electron chi connectivity index (χ3n) is 3.88. The van der Waals surface area contributed by atoms with Gasteiger partial charge in [0.15, 0.2) is 0 Å². The minimum atomic E-state index is 0.793. The van der Waals surface area contributed by atoms with Gasteiger partial charge in [0.05, 0.1) is 11.2 Å². The van der Waals surface area contributed by atoms with Crippen LogP contribution in [0.3, 0.4) is 0 Å². The number of thiazole rings is 1. The predicted octanol–water partition coefficient (Wildman–Crippen LogP) is 3.12. The minimum absolute atomic E-state index is 0.793. The monoisotopic (exact) mass is 307 g/mol. The Morgan fingerprint density at radius 2 is 2.40 bits per heavy atom. The van der Waals surface area contributed by atoms with Crippen molar-refractivity contribution in [3.05, 3.63) is 38.5 Å². The summed E-state index contributed by atoms with van der Waals surface area (Å²) in [5.74, 6) is 0.793. The summed E-state index contributed by atoms with van der Waals surface area (Å²) in [4.78, 5) is 8.37. The summed E-state index contributed by atoms with van der Waals surface area (Å²) < 4.78 is 0. The molecule has 3 rings (SSSR count). The van der Waals surface area contributed by atoms with Crippen molar-refractivity contribution in [2.24, 2.45) is 5.92 Å². The van der Waals surface area contributed by atoms with Gasteiger partial charge in [-0.05, 0) is 54.7 Å². The third-order valence-corrected chi connectivity index (χ3v) is 5.53. The largest absolute Gasteiger partial charge is 0.316 e. The average Bonchev–Trinajstić information content (AvgIpc) is 3.15. The second-order valence-electron chi connectivity index (χ2n) is 5.52. The van der Waals surface area contributed by atoms with Gasteiger partial charge in [-0.15, -0.1) is 11.3 Å². The van der Waals surface area contributed by atoms with Crippen molar-refractivity contribution < 1.29 is 0 Å². The molecule has 0 spiro atoms. The number of aryl methyl sites for hydroxylation is 1. The molecule has 1 aliphatic rings. The van der Waals surface area contributed by atoms with E-state index in [0.717, 1.165) is 19.0 Å². The van der Waals surface area contributed by atoms with Crippen LogP contribution in [0.15, 0.2) is 22.3 Å². The number of nitrogens with zero attached hydrogens (tertiary/aromatic N) is 2. The molecule has 0 unspecified atom stereocenters. The Kier molecular flexibility index (Phi) is 4.83. The van der Waals surface area contributed by atoms with Crippen molar-refractivity contribution in [2.75, 3.05) is 19.6 Å². The van der Waals surface area contributed by atoms with E-state index in [9.17, 15) is 0 Å². The Balaban J connectivity index is 1.67. The highest BCUT2D eigenvalue weighted by Gasteiger charge is 2.19. The molecule has 0 aromatic carbocycles. The number of hydrogen-bond acceptors (Lipinski definition) is 5. The van der Waals surface area contributed by atoms with Gasteiger partial charge in [-0.25, -0.2) is 4.98 Å². The molecule has 5 heteroatoms. The van der Waals surface area contributed by atoms with E-state index in [1.54, 1.807) is 22.7 Å². The summed E-state index contributed by atoms with van der Waals surface area (Å²) in [6.07, 6.45) is 1.31. The van der Waals surface area contributed by atoms with Crippen molar-refractivity contribution in [1.29, 1.82) is 0 Å². The lowest BCUT2D eigenvalue weighted by atomic mass is 10.1. The van der Waals surface area contributed by atoms with Crippen LogP contribution in [0.1, 0.15) is 22.6 Å². The van der Waals surface area contributed by atoms with Crippen LogP contribution in [0.5, 0.6) is 0 Å². The highest BCUT2D eigenvalue weighted by Crippen LogP contribution is 2.20. The molecule has 1 N–H and O–H groups in total. The van der Waals surface area contributed by atoms with Crippen LogP contribution in [0.4, 0.5) is 0 Å². The third kappa shape index (κ3) is 3.67. The molecule has 1 fully saturated rings. The van der Waals surface area contributed by atoms with Crippen LogP contribution < -0.4 is 5.32 Å². The number of nitrogens with one attached hydrogen (secondary N) is 1. The van der Waals surface area contributed by atoms with Crippen molar-refractivity contribution in [3.63, 3.8) is 0 Å². The molecule has 0 saturated carbocycles. The Hall–Kier alpha value is -0.750. The van der Waals surface area contributed by atoms with E-state index in [0.29, 0.717) is 0 Å². The fourth-order valence-corrected chi connectivity index (χ4v) is 4.22. The number of thiophene rings is 1. The molecule has 0 amide bonds. The highest BCUT2D eigenvalue weighted by atomic mass is 32.1. The molecule has 108 valence electrons. The molecule has 3 heterocycles. The number of aromatic nitrogens is 1. The zero-order chi connectivity index (χ0) is 13.8. The molecule has 2 aromatic heterocycles. The van der Waals surface area contributed by atoms with Crippen molar-refractivity contribution >= 4 is 22.7 Å². The second kappa shape index (κ2) is 6.80. The first-order valence-electron chi connectivity index (χ1n) is 7.14. The van der Waals surface area contributed by atoms with Crippen LogP contribution in [-0.4, -0.2) is 29.5 Å². The smallest absolute Gasteiger partial charge is 0.0798 e. The fourth-order valence-electron chi connectivity index (χ4n) is 2.74. The van der Waals surface area contributed by atoms with Gasteiger partial charge in [-0.2, -0.15) is 11.3 Å². The summed E-state index contributed by atoms with van der Waals surface area (Å²) in [5.41, 5.74) is 4.59. The summed E-state index contributed by atoms with van der Waals surface area (Å²) in [5, 5.41) is 7.91. The van der Waals surface area contributed by atoms with E-state index in [-0.39, 0.29) is 0 Å². The van der Waals surface area contributed by atoms with Crippen molar-refractivity contribution in [2.45, 2.75) is 26.4 Å². The topological polar surface area (TPSA) is 28.2 Å². The van der Waals surface area contributed by atoms with E-state index >= 15 is 0 Å². The normalized spacial score (nSPS) is 19.0. The van der Waals surface area contributed by atoms with Gasteiger partial charge >= 0.3 is 0 Å². The maximum atomic E-state index is 4.38. The average molecular weight is 307 g/mol. The first kappa shape index (κ1) is 14.2. The lowest BCUT2D eigenvalue weighted by molar-refractivity contribution is 0.222. The number of hydrogen-bond donors (Lipinski definition) is 1. The minimum Gasteiger partial charge on any atom is -0.316 e. The SMILES string of the molecule is Cc1ncsc1CN(Cc1ccsc1)C[C@H]1CCNC1. The highest BCUT2D eigenvalue weighted by molar-refractivity contribution is 7.09. The van der Waals surface area contributed by atoms with E-state index < -0.39 is 0 Å². The van der Waals surface area contributed by atoms with E-state index in [1.165, 1.54) is 42.2 Å². The van der Waals surface area contributed by atoms with Gasteiger partial charge in [0.1, 0.15) is 0 Å². The summed E-state index contributed by atoms with van der Waals surface area (Å²) in [6, 6.07) is 2.24. The van der Waals surface area contributed by atoms with Gasteiger partial charge in [-0.1, -0.05) is 0 Å². The lowest BCUT2D eigenvalue weighted by Crippen LogP contribution is -2.29. The van der Waals surface area contributed by atoms with Crippen LogP contribution >= 0.6 is 22.7 Å². The fraction of sp³-hybridized carbons (Fsp3) is 0.533. The molecule has 0 aliphatic carbocycles. The number of rotatable bonds is 6. The van der Waals surface area contributed by atoms with Gasteiger partial charge in [0, 0.05) is 24.5 Å². The molecule has 0 bridgehead atoms. The van der Waals surface area contributed by atoms with Crippen LogP contribution in [-0.2, 0) is 13.1 Å². The molecule has 2 aromatic rings. The Bertz CT molecular complexity index is 515. The van der Waals surface area contributed by atoms with E-state index in [1.807, 2.05) is 5.51 Å². The predicted molar refractivity (Wildman–Crippen MR) is 86.3 cm³/mol. The Labute approximate surface area is 128 Å². The van der Waals surface area contributed by atoms with Crippen molar-refractivity contribution in [3.8, 4) is 0 Å². The molecule has 0 radical (unpaired) electrons. The maximum absolute atomic E-state index is 4.38.